The smallest absolute Gasteiger partial charge is 0.254 e. The summed E-state index contributed by atoms with van der Waals surface area (Å²) in [5, 5.41) is 0. The minimum Gasteiger partial charge on any atom is -0.359 e. The highest BCUT2D eigenvalue weighted by Gasteiger charge is 2.32. The second kappa shape index (κ2) is 11.0. The average molecular weight is 469 g/mol. The van der Waals surface area contributed by atoms with Gasteiger partial charge in [-0.05, 0) is 62.9 Å². The largest absolute Gasteiger partial charge is 0.359 e. The quantitative estimate of drug-likeness (QED) is 0.460. The zero-order valence-electron chi connectivity index (χ0n) is 20.8. The first-order valence-corrected chi connectivity index (χ1v) is 13.0. The van der Waals surface area contributed by atoms with Crippen molar-refractivity contribution in [2.45, 2.75) is 38.1 Å². The van der Waals surface area contributed by atoms with Gasteiger partial charge in [0.2, 0.25) is 0 Å². The summed E-state index contributed by atoms with van der Waals surface area (Å²) in [6.07, 6.45) is 5.68. The van der Waals surface area contributed by atoms with Gasteiger partial charge in [0.15, 0.2) is 0 Å². The van der Waals surface area contributed by atoms with Crippen LogP contribution < -0.4 is 4.90 Å². The van der Waals surface area contributed by atoms with E-state index in [1.165, 1.54) is 31.5 Å². The number of carbonyl (C=O) groups is 1. The molecule has 0 N–H and O–H groups in total. The molecule has 1 aromatic heterocycles. The Bertz CT molecular complexity index is 1110. The van der Waals surface area contributed by atoms with Crippen molar-refractivity contribution in [2.75, 3.05) is 44.7 Å². The molecule has 2 saturated heterocycles. The lowest BCUT2D eigenvalue weighted by Gasteiger charge is -2.29. The average Bonchev–Trinajstić information content (AvgIpc) is 3.60. The molecule has 0 saturated carbocycles. The number of likely N-dealkylation sites (N-methyl/N-ethyl adjacent to an activating group) is 1. The van der Waals surface area contributed by atoms with Crippen molar-refractivity contribution in [3.63, 3.8) is 0 Å². The van der Waals surface area contributed by atoms with Gasteiger partial charge < -0.3 is 14.7 Å². The third-order valence-electron chi connectivity index (χ3n) is 7.40. The lowest BCUT2D eigenvalue weighted by molar-refractivity contribution is 0.0708. The van der Waals surface area contributed by atoms with E-state index in [9.17, 15) is 4.79 Å². The van der Waals surface area contributed by atoms with Crippen molar-refractivity contribution in [2.24, 2.45) is 0 Å². The lowest BCUT2D eigenvalue weighted by Crippen LogP contribution is -2.42. The van der Waals surface area contributed by atoms with Gasteiger partial charge in [-0.2, -0.15) is 0 Å². The van der Waals surface area contributed by atoms with Gasteiger partial charge in [0.25, 0.3) is 5.91 Å². The van der Waals surface area contributed by atoms with Crippen LogP contribution in [0.3, 0.4) is 0 Å². The molecular weight excluding hydrogens is 432 g/mol. The van der Waals surface area contributed by atoms with Gasteiger partial charge in [0.1, 0.15) is 5.82 Å². The highest BCUT2D eigenvalue weighted by molar-refractivity contribution is 5.96. The SMILES string of the molecule is CN(CCc1ccccc1)c1cc(C(=O)N2CCC[C@H]2CN2CCCC2)cc(-c2ccccc2)n1. The number of aromatic nitrogens is 1. The second-order valence-electron chi connectivity index (χ2n) is 9.92. The van der Waals surface area contributed by atoms with Crippen molar-refractivity contribution in [3.05, 3.63) is 83.9 Å². The molecule has 2 aliphatic rings. The van der Waals surface area contributed by atoms with E-state index in [-0.39, 0.29) is 5.91 Å². The number of anilines is 1. The summed E-state index contributed by atoms with van der Waals surface area (Å²) in [7, 11) is 2.07. The minimum absolute atomic E-state index is 0.143. The molecule has 3 heterocycles. The van der Waals surface area contributed by atoms with Crippen LogP contribution in [0.1, 0.15) is 41.6 Å². The molecule has 182 valence electrons. The third-order valence-corrected chi connectivity index (χ3v) is 7.40. The van der Waals surface area contributed by atoms with Crippen LogP contribution in [0, 0.1) is 0 Å². The highest BCUT2D eigenvalue weighted by atomic mass is 16.2. The van der Waals surface area contributed by atoms with Gasteiger partial charge in [-0.15, -0.1) is 0 Å². The number of nitrogens with zero attached hydrogens (tertiary/aromatic N) is 4. The van der Waals surface area contributed by atoms with Gasteiger partial charge in [-0.1, -0.05) is 60.7 Å². The van der Waals surface area contributed by atoms with E-state index >= 15 is 0 Å². The van der Waals surface area contributed by atoms with E-state index in [0.717, 1.165) is 61.5 Å². The molecule has 0 bridgehead atoms. The van der Waals surface area contributed by atoms with Crippen LogP contribution in [0.2, 0.25) is 0 Å². The molecule has 0 radical (unpaired) electrons. The standard InChI is InChI=1S/C30H36N4O/c1-32(20-16-24-11-4-2-5-12-24)29-22-26(21-28(31-29)25-13-6-3-7-14-25)30(35)34-19-10-15-27(34)23-33-17-8-9-18-33/h2-7,11-14,21-22,27H,8-10,15-20,23H2,1H3/t27-/m0/s1. The first-order valence-electron chi connectivity index (χ1n) is 13.0. The maximum atomic E-state index is 13.8. The Labute approximate surface area is 209 Å². The van der Waals surface area contributed by atoms with Crippen LogP contribution in [0.25, 0.3) is 11.3 Å². The maximum absolute atomic E-state index is 13.8. The van der Waals surface area contributed by atoms with Crippen molar-refractivity contribution in [3.8, 4) is 11.3 Å². The van der Waals surface area contributed by atoms with Crippen LogP contribution in [0.4, 0.5) is 5.82 Å². The fourth-order valence-corrected chi connectivity index (χ4v) is 5.37. The van der Waals surface area contributed by atoms with Gasteiger partial charge in [-0.25, -0.2) is 4.98 Å². The molecule has 5 heteroatoms. The topological polar surface area (TPSA) is 39.7 Å². The van der Waals surface area contributed by atoms with Gasteiger partial charge in [0.05, 0.1) is 5.69 Å². The first-order chi connectivity index (χ1) is 17.2. The fourth-order valence-electron chi connectivity index (χ4n) is 5.37. The summed E-state index contributed by atoms with van der Waals surface area (Å²) in [6, 6.07) is 25.0. The predicted molar refractivity (Wildman–Crippen MR) is 143 cm³/mol. The minimum atomic E-state index is 0.143. The second-order valence-corrected chi connectivity index (χ2v) is 9.92. The summed E-state index contributed by atoms with van der Waals surface area (Å²) in [5.74, 6) is 0.991. The monoisotopic (exact) mass is 468 g/mol. The van der Waals surface area contributed by atoms with Gasteiger partial charge in [0, 0.05) is 43.9 Å². The lowest BCUT2D eigenvalue weighted by atomic mass is 10.1. The summed E-state index contributed by atoms with van der Waals surface area (Å²) >= 11 is 0. The zero-order chi connectivity index (χ0) is 24.0. The van der Waals surface area contributed by atoms with Crippen molar-refractivity contribution < 1.29 is 4.79 Å². The molecule has 0 unspecified atom stereocenters. The number of amides is 1. The van der Waals surface area contributed by atoms with Crippen molar-refractivity contribution in [1.82, 2.24) is 14.8 Å². The molecular formula is C30H36N4O. The van der Waals surface area contributed by atoms with E-state index in [1.54, 1.807) is 0 Å². The number of hydrogen-bond acceptors (Lipinski definition) is 4. The first kappa shape index (κ1) is 23.6. The number of benzene rings is 2. The summed E-state index contributed by atoms with van der Waals surface area (Å²) in [4.78, 5) is 25.6. The molecule has 1 amide bonds. The summed E-state index contributed by atoms with van der Waals surface area (Å²) < 4.78 is 0. The number of carbonyl (C=O) groups excluding carboxylic acids is 1. The molecule has 0 aliphatic carbocycles. The van der Waals surface area contributed by atoms with Crippen molar-refractivity contribution in [1.29, 1.82) is 0 Å². The predicted octanol–water partition coefficient (Wildman–Crippen LogP) is 5.13. The molecule has 5 rings (SSSR count). The molecule has 1 atom stereocenters. The Morgan fingerprint density at radius 1 is 0.943 bits per heavy atom. The third kappa shape index (κ3) is 5.73. The number of pyridine rings is 1. The number of rotatable bonds is 8. The van der Waals surface area contributed by atoms with E-state index < -0.39 is 0 Å². The van der Waals surface area contributed by atoms with Crippen molar-refractivity contribution >= 4 is 11.7 Å². The van der Waals surface area contributed by atoms with E-state index in [4.69, 9.17) is 4.98 Å². The van der Waals surface area contributed by atoms with E-state index in [1.807, 2.05) is 36.4 Å². The van der Waals surface area contributed by atoms with Crippen LogP contribution in [0.15, 0.2) is 72.8 Å². The normalized spacial score (nSPS) is 18.2. The van der Waals surface area contributed by atoms with Gasteiger partial charge >= 0.3 is 0 Å². The molecule has 0 spiro atoms. The zero-order valence-corrected chi connectivity index (χ0v) is 20.8. The molecule has 5 nitrogen and oxygen atoms in total. The Morgan fingerprint density at radius 3 is 2.40 bits per heavy atom. The maximum Gasteiger partial charge on any atom is 0.254 e. The number of hydrogen-bond donors (Lipinski definition) is 0. The van der Waals surface area contributed by atoms with Crippen LogP contribution in [-0.2, 0) is 6.42 Å². The Morgan fingerprint density at radius 2 is 1.66 bits per heavy atom. The van der Waals surface area contributed by atoms with Crippen LogP contribution >= 0.6 is 0 Å². The molecule has 2 aliphatic heterocycles. The van der Waals surface area contributed by atoms with Crippen LogP contribution in [-0.4, -0.2) is 66.5 Å². The molecule has 2 fully saturated rings. The van der Waals surface area contributed by atoms with Crippen LogP contribution in [0.5, 0.6) is 0 Å². The Balaban J connectivity index is 1.40. The highest BCUT2D eigenvalue weighted by Crippen LogP contribution is 2.27. The van der Waals surface area contributed by atoms with E-state index in [0.29, 0.717) is 6.04 Å². The van der Waals surface area contributed by atoms with E-state index in [2.05, 4.69) is 58.1 Å². The Hall–Kier alpha value is -3.18. The fraction of sp³-hybridized carbons (Fsp3) is 0.400. The number of likely N-dealkylation sites (tertiary alicyclic amines) is 2. The summed E-state index contributed by atoms with van der Waals surface area (Å²) in [6.45, 7) is 5.03. The van der Waals surface area contributed by atoms with Gasteiger partial charge in [-0.3, -0.25) is 4.79 Å². The molecule has 3 aromatic rings. The molecule has 35 heavy (non-hydrogen) atoms. The summed E-state index contributed by atoms with van der Waals surface area (Å²) in [5.41, 5.74) is 3.94. The Kier molecular flexibility index (Phi) is 7.43. The molecule has 2 aromatic carbocycles.